The summed E-state index contributed by atoms with van der Waals surface area (Å²) in [6, 6.07) is 4.76. The molecule has 0 aromatic heterocycles. The SMILES string of the molecule is O=C(O)/C(Cl)=C(Cl)/C=N/Nc1ccc(Cl)cc1Cl. The molecule has 1 aromatic rings. The van der Waals surface area contributed by atoms with E-state index in [9.17, 15) is 4.79 Å². The number of aliphatic carboxylic acids is 1. The van der Waals surface area contributed by atoms with Crippen molar-refractivity contribution in [2.75, 3.05) is 5.43 Å². The second-order valence-electron chi connectivity index (χ2n) is 2.96. The molecule has 0 saturated heterocycles. The number of halogens is 4. The second-order valence-corrected chi connectivity index (χ2v) is 4.59. The minimum Gasteiger partial charge on any atom is -0.477 e. The van der Waals surface area contributed by atoms with Gasteiger partial charge in [-0.1, -0.05) is 46.4 Å². The van der Waals surface area contributed by atoms with Crippen LogP contribution in [0.5, 0.6) is 0 Å². The Morgan fingerprint density at radius 3 is 2.56 bits per heavy atom. The highest BCUT2D eigenvalue weighted by molar-refractivity contribution is 6.51. The molecule has 0 heterocycles. The molecule has 2 N–H and O–H groups in total. The van der Waals surface area contributed by atoms with Crippen molar-refractivity contribution in [3.8, 4) is 0 Å². The number of carbonyl (C=O) groups is 1. The van der Waals surface area contributed by atoms with Crippen molar-refractivity contribution in [2.24, 2.45) is 5.10 Å². The first-order chi connectivity index (χ1) is 8.41. The van der Waals surface area contributed by atoms with Gasteiger partial charge in [0, 0.05) is 5.02 Å². The third-order valence-electron chi connectivity index (χ3n) is 1.69. The molecule has 0 amide bonds. The van der Waals surface area contributed by atoms with Gasteiger partial charge in [0.1, 0.15) is 5.03 Å². The highest BCUT2D eigenvalue weighted by Crippen LogP contribution is 2.25. The Morgan fingerprint density at radius 2 is 2.00 bits per heavy atom. The third kappa shape index (κ3) is 4.38. The molecule has 1 rings (SSSR count). The number of benzene rings is 1. The fraction of sp³-hybridized carbons (Fsp3) is 0. The lowest BCUT2D eigenvalue weighted by Gasteiger charge is -2.02. The predicted molar refractivity (Wildman–Crippen MR) is 74.9 cm³/mol. The maximum Gasteiger partial charge on any atom is 0.348 e. The number of hydrogen-bond acceptors (Lipinski definition) is 3. The van der Waals surface area contributed by atoms with Crippen LogP contribution in [0.1, 0.15) is 0 Å². The number of rotatable bonds is 4. The molecule has 1 aromatic carbocycles. The molecule has 4 nitrogen and oxygen atoms in total. The molecule has 0 spiro atoms. The number of hydrogen-bond donors (Lipinski definition) is 2. The van der Waals surface area contributed by atoms with Crippen molar-refractivity contribution in [1.29, 1.82) is 0 Å². The Labute approximate surface area is 123 Å². The molecule has 0 aliphatic heterocycles. The summed E-state index contributed by atoms with van der Waals surface area (Å²) >= 11 is 22.6. The van der Waals surface area contributed by atoms with E-state index in [0.29, 0.717) is 15.7 Å². The van der Waals surface area contributed by atoms with Crippen LogP contribution in [0.15, 0.2) is 33.4 Å². The van der Waals surface area contributed by atoms with Crippen LogP contribution in [-0.2, 0) is 4.79 Å². The van der Waals surface area contributed by atoms with E-state index in [2.05, 4.69) is 10.5 Å². The highest BCUT2D eigenvalue weighted by atomic mass is 35.5. The van der Waals surface area contributed by atoms with Crippen LogP contribution in [0.3, 0.4) is 0 Å². The minimum absolute atomic E-state index is 0.207. The van der Waals surface area contributed by atoms with Gasteiger partial charge in [-0.2, -0.15) is 5.10 Å². The highest BCUT2D eigenvalue weighted by Gasteiger charge is 2.07. The Bertz CT molecular complexity index is 529. The molecule has 0 saturated carbocycles. The Morgan fingerprint density at radius 1 is 1.33 bits per heavy atom. The van der Waals surface area contributed by atoms with E-state index in [1.54, 1.807) is 12.1 Å². The number of hydrazone groups is 1. The zero-order valence-electron chi connectivity index (χ0n) is 8.62. The molecule has 0 atom stereocenters. The molecule has 0 fully saturated rings. The van der Waals surface area contributed by atoms with E-state index in [1.807, 2.05) is 0 Å². The quantitative estimate of drug-likeness (QED) is 0.495. The van der Waals surface area contributed by atoms with Crippen molar-refractivity contribution in [1.82, 2.24) is 0 Å². The molecule has 0 aliphatic carbocycles. The Hall–Kier alpha value is -0.940. The molecule has 0 radical (unpaired) electrons. The number of anilines is 1. The van der Waals surface area contributed by atoms with Gasteiger partial charge in [-0.15, -0.1) is 0 Å². The summed E-state index contributed by atoms with van der Waals surface area (Å²) in [6.45, 7) is 0. The average Bonchev–Trinajstić information content (AvgIpc) is 2.30. The molecule has 8 heteroatoms. The second kappa shape index (κ2) is 6.85. The first kappa shape index (κ1) is 15.1. The summed E-state index contributed by atoms with van der Waals surface area (Å²) in [7, 11) is 0. The van der Waals surface area contributed by atoms with Gasteiger partial charge in [0.15, 0.2) is 0 Å². The van der Waals surface area contributed by atoms with Crippen molar-refractivity contribution < 1.29 is 9.90 Å². The van der Waals surface area contributed by atoms with Gasteiger partial charge in [-0.3, -0.25) is 5.43 Å². The van der Waals surface area contributed by atoms with Crippen molar-refractivity contribution in [3.63, 3.8) is 0 Å². The molecule has 0 unspecified atom stereocenters. The maximum absolute atomic E-state index is 10.5. The Kier molecular flexibility index (Phi) is 5.75. The third-order valence-corrected chi connectivity index (χ3v) is 2.99. The van der Waals surface area contributed by atoms with Crippen LogP contribution in [-0.4, -0.2) is 17.3 Å². The van der Waals surface area contributed by atoms with Crippen LogP contribution in [0.2, 0.25) is 10.0 Å². The molecule has 0 aliphatic rings. The monoisotopic (exact) mass is 326 g/mol. The average molecular weight is 328 g/mol. The van der Waals surface area contributed by atoms with Crippen molar-refractivity contribution in [3.05, 3.63) is 38.3 Å². The maximum atomic E-state index is 10.5. The number of nitrogens with one attached hydrogen (secondary N) is 1. The van der Waals surface area contributed by atoms with Gasteiger partial charge < -0.3 is 5.11 Å². The molecule has 96 valence electrons. The lowest BCUT2D eigenvalue weighted by atomic mass is 10.3. The molecular formula is C10H6Cl4N2O2. The fourth-order valence-corrected chi connectivity index (χ4v) is 1.53. The van der Waals surface area contributed by atoms with Crippen LogP contribution < -0.4 is 5.43 Å². The zero-order chi connectivity index (χ0) is 13.7. The lowest BCUT2D eigenvalue weighted by molar-refractivity contribution is -0.131. The van der Waals surface area contributed by atoms with Crippen molar-refractivity contribution >= 4 is 64.3 Å². The van der Waals surface area contributed by atoms with Gasteiger partial charge in [-0.05, 0) is 18.2 Å². The smallest absolute Gasteiger partial charge is 0.348 e. The van der Waals surface area contributed by atoms with E-state index < -0.39 is 11.0 Å². The summed E-state index contributed by atoms with van der Waals surface area (Å²) in [4.78, 5) is 10.5. The normalized spacial score (nSPS) is 12.4. The van der Waals surface area contributed by atoms with E-state index in [0.717, 1.165) is 6.21 Å². The summed E-state index contributed by atoms with van der Waals surface area (Å²) < 4.78 is 0. The Balaban J connectivity index is 2.77. The fourth-order valence-electron chi connectivity index (χ4n) is 0.897. The minimum atomic E-state index is -1.34. The van der Waals surface area contributed by atoms with E-state index in [-0.39, 0.29) is 5.03 Å². The van der Waals surface area contributed by atoms with E-state index in [1.165, 1.54) is 6.07 Å². The van der Waals surface area contributed by atoms with Crippen LogP contribution in [0, 0.1) is 0 Å². The zero-order valence-corrected chi connectivity index (χ0v) is 11.6. The number of allylic oxidation sites excluding steroid dienone is 1. The first-order valence-corrected chi connectivity index (χ1v) is 5.95. The topological polar surface area (TPSA) is 61.7 Å². The van der Waals surface area contributed by atoms with Crippen LogP contribution in [0.25, 0.3) is 0 Å². The number of nitrogens with zero attached hydrogens (tertiary/aromatic N) is 1. The van der Waals surface area contributed by atoms with Gasteiger partial charge >= 0.3 is 5.97 Å². The van der Waals surface area contributed by atoms with Gasteiger partial charge in [-0.25, -0.2) is 4.79 Å². The standard InChI is InChI=1S/C10H6Cl4N2O2/c11-5-1-2-8(6(12)3-5)16-15-4-7(13)9(14)10(17)18/h1-4,16H,(H,17,18)/b9-7+,15-4+. The summed E-state index contributed by atoms with van der Waals surface area (Å²) in [5.41, 5.74) is 3.07. The number of carboxylic acids is 1. The lowest BCUT2D eigenvalue weighted by Crippen LogP contribution is -1.98. The molecule has 0 bridgehead atoms. The summed E-state index contributed by atoms with van der Waals surface area (Å²) in [5, 5.41) is 12.4. The van der Waals surface area contributed by atoms with Gasteiger partial charge in [0.05, 0.1) is 22.0 Å². The summed E-state index contributed by atoms with van der Waals surface area (Å²) in [5.74, 6) is -1.34. The van der Waals surface area contributed by atoms with Crippen molar-refractivity contribution in [2.45, 2.75) is 0 Å². The van der Waals surface area contributed by atoms with E-state index in [4.69, 9.17) is 51.5 Å². The van der Waals surface area contributed by atoms with Gasteiger partial charge in [0.2, 0.25) is 0 Å². The van der Waals surface area contributed by atoms with Gasteiger partial charge in [0.25, 0.3) is 0 Å². The largest absolute Gasteiger partial charge is 0.477 e. The number of carboxylic acid groups (broad SMARTS) is 1. The van der Waals surface area contributed by atoms with Crippen LogP contribution in [0.4, 0.5) is 5.69 Å². The summed E-state index contributed by atoms with van der Waals surface area (Å²) in [6.07, 6.45) is 1.06. The molecule has 18 heavy (non-hydrogen) atoms. The molecular weight excluding hydrogens is 322 g/mol. The van der Waals surface area contributed by atoms with E-state index >= 15 is 0 Å². The van der Waals surface area contributed by atoms with Crippen LogP contribution >= 0.6 is 46.4 Å². The predicted octanol–water partition coefficient (Wildman–Crippen LogP) is 4.16. The first-order valence-electron chi connectivity index (χ1n) is 4.44.